The maximum Gasteiger partial charge on any atom is 0.416 e. The number of likely N-dealkylation sites (N-methyl/N-ethyl adjacent to an activating group) is 1. The Balaban J connectivity index is 1.95. The molecule has 3 aromatic rings. The maximum atomic E-state index is 14.2. The monoisotopic (exact) mass is 643 g/mol. The molecule has 1 heterocycles. The number of likely N-dealkylation sites (tertiary alicyclic amines) is 1. The van der Waals surface area contributed by atoms with E-state index in [4.69, 9.17) is 22.3 Å². The van der Waals surface area contributed by atoms with Crippen molar-refractivity contribution in [3.63, 3.8) is 0 Å². The molecule has 0 bridgehead atoms. The van der Waals surface area contributed by atoms with Gasteiger partial charge in [0.05, 0.1) is 17.3 Å². The first-order chi connectivity index (χ1) is 21.3. The Morgan fingerprint density at radius 3 is 2.31 bits per heavy atom. The summed E-state index contributed by atoms with van der Waals surface area (Å²) < 4.78 is 54.4. The number of amidine groups is 1. The minimum Gasteiger partial charge on any atom is -0.400 e. The van der Waals surface area contributed by atoms with E-state index in [0.29, 0.717) is 17.3 Å². The lowest BCUT2D eigenvalue weighted by molar-refractivity contribution is -0.137. The van der Waals surface area contributed by atoms with Crippen LogP contribution in [-0.4, -0.2) is 53.0 Å². The van der Waals surface area contributed by atoms with Gasteiger partial charge in [-0.05, 0) is 61.9 Å². The summed E-state index contributed by atoms with van der Waals surface area (Å²) in [5.74, 6) is -4.01. The summed E-state index contributed by atoms with van der Waals surface area (Å²) in [4.78, 5) is 45.9. The number of hydrogen-bond acceptors (Lipinski definition) is 5. The Labute approximate surface area is 262 Å². The van der Waals surface area contributed by atoms with Gasteiger partial charge in [0.1, 0.15) is 23.6 Å². The molecular weight excluding hydrogens is 614 g/mol. The maximum absolute atomic E-state index is 14.2. The number of nitrogens with one attached hydrogen (secondary N) is 2. The molecular formula is C32H30ClF4N5O3. The fourth-order valence-corrected chi connectivity index (χ4v) is 5.13. The van der Waals surface area contributed by atoms with E-state index in [-0.39, 0.29) is 35.1 Å². The van der Waals surface area contributed by atoms with Gasteiger partial charge in [-0.2, -0.15) is 13.2 Å². The van der Waals surface area contributed by atoms with Crippen molar-refractivity contribution in [2.45, 2.75) is 38.0 Å². The van der Waals surface area contributed by atoms with Gasteiger partial charge in [0.15, 0.2) is 0 Å². The standard InChI is InChI=1S/C32H30ClF4N5O3/c1-3-42-29(40-23-10-5-4-6-11-23)26(27(38)18(2)39-24(43)17-33)25(19-12-14-22(34)15-13-19)28(31(42)45)41-30(44)20-8-7-9-21(16-20)32(35,36)37/h4-16,18,25,28H,3,17,38H2,1-2H3,(H,39,43)(H,41,44)/b27-26-,40-29?. The van der Waals surface area contributed by atoms with E-state index >= 15 is 0 Å². The lowest BCUT2D eigenvalue weighted by Gasteiger charge is -2.42. The number of carbonyl (C=O) groups is 3. The van der Waals surface area contributed by atoms with Crippen molar-refractivity contribution in [2.75, 3.05) is 12.4 Å². The number of amides is 3. The van der Waals surface area contributed by atoms with Crippen molar-refractivity contribution < 1.29 is 31.9 Å². The topological polar surface area (TPSA) is 117 Å². The number of nitrogens with two attached hydrogens (primary N) is 1. The third-order valence-electron chi connectivity index (χ3n) is 7.22. The Morgan fingerprint density at radius 1 is 1.04 bits per heavy atom. The number of aliphatic imine (C=N–C) groups is 1. The minimum absolute atomic E-state index is 0.0652. The molecule has 0 saturated carbocycles. The molecule has 1 fully saturated rings. The summed E-state index contributed by atoms with van der Waals surface area (Å²) >= 11 is 5.71. The van der Waals surface area contributed by atoms with Crippen molar-refractivity contribution in [1.29, 1.82) is 0 Å². The van der Waals surface area contributed by atoms with Gasteiger partial charge in [0, 0.05) is 29.3 Å². The first-order valence-electron chi connectivity index (χ1n) is 13.9. The Bertz CT molecular complexity index is 1630. The molecule has 3 atom stereocenters. The van der Waals surface area contributed by atoms with E-state index in [1.165, 1.54) is 23.1 Å². The van der Waals surface area contributed by atoms with Gasteiger partial charge in [0.2, 0.25) is 5.91 Å². The fourth-order valence-electron chi connectivity index (χ4n) is 5.05. The molecule has 1 aliphatic heterocycles. The molecule has 45 heavy (non-hydrogen) atoms. The van der Waals surface area contributed by atoms with Gasteiger partial charge in [-0.3, -0.25) is 19.3 Å². The molecule has 3 aromatic carbocycles. The van der Waals surface area contributed by atoms with Gasteiger partial charge < -0.3 is 16.4 Å². The molecule has 0 radical (unpaired) electrons. The molecule has 4 rings (SSSR count). The van der Waals surface area contributed by atoms with E-state index in [1.807, 2.05) is 0 Å². The van der Waals surface area contributed by atoms with Gasteiger partial charge >= 0.3 is 6.18 Å². The van der Waals surface area contributed by atoms with E-state index in [2.05, 4.69) is 10.6 Å². The SMILES string of the molecule is CCN1C(=O)C(NC(=O)c2cccc(C(F)(F)F)c2)C(c2ccc(F)cc2)/C(=C(/N)C(C)NC(=O)CCl)C1=Nc1ccccc1. The molecule has 0 spiro atoms. The normalized spacial score (nSPS) is 19.7. The van der Waals surface area contributed by atoms with Crippen molar-refractivity contribution in [1.82, 2.24) is 15.5 Å². The summed E-state index contributed by atoms with van der Waals surface area (Å²) in [7, 11) is 0. The first-order valence-corrected chi connectivity index (χ1v) is 14.4. The lowest BCUT2D eigenvalue weighted by Crippen LogP contribution is -2.59. The third kappa shape index (κ3) is 7.51. The molecule has 3 amide bonds. The lowest BCUT2D eigenvalue weighted by atomic mass is 9.78. The average Bonchev–Trinajstić information content (AvgIpc) is 3.02. The van der Waals surface area contributed by atoms with Crippen LogP contribution in [0.4, 0.5) is 23.2 Å². The number of hydrogen-bond donors (Lipinski definition) is 3. The zero-order valence-corrected chi connectivity index (χ0v) is 25.0. The number of carbonyl (C=O) groups excluding carboxylic acids is 3. The number of piperidine rings is 1. The second-order valence-electron chi connectivity index (χ2n) is 10.2. The van der Waals surface area contributed by atoms with Crippen molar-refractivity contribution in [3.05, 3.63) is 113 Å². The number of halogens is 5. The molecule has 236 valence electrons. The van der Waals surface area contributed by atoms with Crippen LogP contribution in [0.25, 0.3) is 0 Å². The summed E-state index contributed by atoms with van der Waals surface area (Å²) in [5, 5.41) is 5.28. The molecule has 1 saturated heterocycles. The Morgan fingerprint density at radius 2 is 1.71 bits per heavy atom. The second-order valence-corrected chi connectivity index (χ2v) is 10.5. The van der Waals surface area contributed by atoms with E-state index in [9.17, 15) is 31.9 Å². The zero-order chi connectivity index (χ0) is 32.9. The largest absolute Gasteiger partial charge is 0.416 e. The highest BCUT2D eigenvalue weighted by Crippen LogP contribution is 2.38. The number of para-hydroxylation sites is 1. The highest BCUT2D eigenvalue weighted by atomic mass is 35.5. The molecule has 4 N–H and O–H groups in total. The summed E-state index contributed by atoms with van der Waals surface area (Å²) in [6, 6.07) is 15.3. The van der Waals surface area contributed by atoms with Crippen LogP contribution in [0.1, 0.15) is 41.3 Å². The zero-order valence-electron chi connectivity index (χ0n) is 24.2. The summed E-state index contributed by atoms with van der Waals surface area (Å²) in [6.45, 7) is 3.34. The molecule has 1 aliphatic rings. The molecule has 3 unspecified atom stereocenters. The van der Waals surface area contributed by atoms with Gasteiger partial charge in [-0.25, -0.2) is 9.38 Å². The van der Waals surface area contributed by atoms with Crippen LogP contribution >= 0.6 is 11.6 Å². The van der Waals surface area contributed by atoms with Gasteiger partial charge in [-0.15, -0.1) is 11.6 Å². The van der Waals surface area contributed by atoms with E-state index in [0.717, 1.165) is 24.3 Å². The van der Waals surface area contributed by atoms with Crippen molar-refractivity contribution >= 4 is 40.8 Å². The first kappa shape index (κ1) is 33.2. The van der Waals surface area contributed by atoms with E-state index in [1.54, 1.807) is 44.2 Å². The smallest absolute Gasteiger partial charge is 0.400 e. The quantitative estimate of drug-likeness (QED) is 0.229. The summed E-state index contributed by atoms with van der Waals surface area (Å²) in [6.07, 6.45) is -4.70. The third-order valence-corrected chi connectivity index (χ3v) is 7.47. The minimum atomic E-state index is -4.70. The Hall–Kier alpha value is -4.71. The Kier molecular flexibility index (Phi) is 10.3. The predicted molar refractivity (Wildman–Crippen MR) is 162 cm³/mol. The highest BCUT2D eigenvalue weighted by molar-refractivity contribution is 6.27. The van der Waals surface area contributed by atoms with Crippen LogP contribution in [0.2, 0.25) is 0 Å². The van der Waals surface area contributed by atoms with Crippen molar-refractivity contribution in [2.24, 2.45) is 10.7 Å². The van der Waals surface area contributed by atoms with Crippen LogP contribution in [-0.2, 0) is 15.8 Å². The number of nitrogens with zero attached hydrogens (tertiary/aromatic N) is 2. The molecule has 8 nitrogen and oxygen atoms in total. The van der Waals surface area contributed by atoms with Gasteiger partial charge in [-0.1, -0.05) is 36.4 Å². The van der Waals surface area contributed by atoms with Crippen LogP contribution in [0.3, 0.4) is 0 Å². The van der Waals surface area contributed by atoms with Crippen LogP contribution in [0, 0.1) is 5.82 Å². The second kappa shape index (κ2) is 13.9. The van der Waals surface area contributed by atoms with Crippen LogP contribution < -0.4 is 16.4 Å². The van der Waals surface area contributed by atoms with E-state index < -0.39 is 53.3 Å². The highest BCUT2D eigenvalue weighted by Gasteiger charge is 2.46. The van der Waals surface area contributed by atoms with Crippen molar-refractivity contribution in [3.8, 4) is 0 Å². The van der Waals surface area contributed by atoms with Gasteiger partial charge in [0.25, 0.3) is 11.8 Å². The number of rotatable bonds is 8. The molecule has 0 aromatic heterocycles. The fraction of sp³-hybridized carbons (Fsp3) is 0.250. The van der Waals surface area contributed by atoms with Crippen LogP contribution in [0.5, 0.6) is 0 Å². The molecule has 0 aliphatic carbocycles. The predicted octanol–water partition coefficient (Wildman–Crippen LogP) is 5.28. The summed E-state index contributed by atoms with van der Waals surface area (Å²) in [5.41, 5.74) is 6.48. The number of alkyl halides is 4. The van der Waals surface area contributed by atoms with Crippen LogP contribution in [0.15, 0.2) is 95.1 Å². The number of benzene rings is 3. The molecule has 13 heteroatoms. The average molecular weight is 644 g/mol.